The van der Waals surface area contributed by atoms with E-state index in [4.69, 9.17) is 4.74 Å². The molecule has 0 saturated heterocycles. The fraction of sp³-hybridized carbons (Fsp3) is 0.111. The standard InChI is InChI=1S/C9H7BrOS2/c1-11-8-6(10)4-7-5(9(8)12)2-3-13-7/h2-4,12H,1H3. The summed E-state index contributed by atoms with van der Waals surface area (Å²) < 4.78 is 7.41. The van der Waals surface area contributed by atoms with Crippen LogP contribution < -0.4 is 4.74 Å². The highest BCUT2D eigenvalue weighted by Crippen LogP contribution is 2.39. The van der Waals surface area contributed by atoms with Crippen molar-refractivity contribution in [3.05, 3.63) is 22.0 Å². The lowest BCUT2D eigenvalue weighted by Crippen LogP contribution is -1.86. The molecule has 4 heteroatoms. The number of hydrogen-bond acceptors (Lipinski definition) is 3. The van der Waals surface area contributed by atoms with E-state index in [-0.39, 0.29) is 0 Å². The van der Waals surface area contributed by atoms with E-state index in [2.05, 4.69) is 46.1 Å². The van der Waals surface area contributed by atoms with Crippen molar-refractivity contribution in [2.45, 2.75) is 4.90 Å². The predicted molar refractivity (Wildman–Crippen MR) is 63.3 cm³/mol. The van der Waals surface area contributed by atoms with E-state index in [0.29, 0.717) is 0 Å². The molecule has 0 bridgehead atoms. The molecule has 0 radical (unpaired) electrons. The Morgan fingerprint density at radius 2 is 2.31 bits per heavy atom. The van der Waals surface area contributed by atoms with Crippen molar-refractivity contribution < 1.29 is 4.74 Å². The van der Waals surface area contributed by atoms with Gasteiger partial charge in [-0.2, -0.15) is 0 Å². The van der Waals surface area contributed by atoms with E-state index >= 15 is 0 Å². The summed E-state index contributed by atoms with van der Waals surface area (Å²) in [4.78, 5) is 0.896. The summed E-state index contributed by atoms with van der Waals surface area (Å²) in [6.07, 6.45) is 0. The first kappa shape index (κ1) is 9.37. The van der Waals surface area contributed by atoms with Gasteiger partial charge in [-0.25, -0.2) is 0 Å². The largest absolute Gasteiger partial charge is 0.494 e. The molecule has 2 aromatic rings. The Hall–Kier alpha value is -0.190. The normalized spacial score (nSPS) is 10.7. The molecule has 1 aromatic carbocycles. The Morgan fingerprint density at radius 1 is 1.54 bits per heavy atom. The summed E-state index contributed by atoms with van der Waals surface area (Å²) in [5.41, 5.74) is 0. The van der Waals surface area contributed by atoms with Crippen LogP contribution in [0, 0.1) is 0 Å². The van der Waals surface area contributed by atoms with Crippen molar-refractivity contribution in [2.24, 2.45) is 0 Å². The van der Waals surface area contributed by atoms with Crippen LogP contribution in [0.5, 0.6) is 5.75 Å². The molecule has 0 aliphatic carbocycles. The summed E-state index contributed by atoms with van der Waals surface area (Å²) in [6, 6.07) is 4.11. The van der Waals surface area contributed by atoms with E-state index in [1.165, 1.54) is 4.70 Å². The topological polar surface area (TPSA) is 9.23 Å². The number of benzene rings is 1. The van der Waals surface area contributed by atoms with Crippen LogP contribution in [0.1, 0.15) is 0 Å². The lowest BCUT2D eigenvalue weighted by atomic mass is 10.2. The number of thiol groups is 1. The van der Waals surface area contributed by atoms with Gasteiger partial charge in [0.05, 0.1) is 16.5 Å². The van der Waals surface area contributed by atoms with Crippen LogP contribution in [0.15, 0.2) is 26.9 Å². The monoisotopic (exact) mass is 274 g/mol. The fourth-order valence-electron chi connectivity index (χ4n) is 1.24. The van der Waals surface area contributed by atoms with Crippen LogP contribution in [-0.2, 0) is 0 Å². The second-order valence-corrected chi connectivity index (χ2v) is 4.82. The van der Waals surface area contributed by atoms with Gasteiger partial charge in [-0.05, 0) is 33.4 Å². The van der Waals surface area contributed by atoms with Crippen LogP contribution in [0.3, 0.4) is 0 Å². The average Bonchev–Trinajstić information content (AvgIpc) is 2.53. The van der Waals surface area contributed by atoms with Crippen molar-refractivity contribution >= 4 is 50.0 Å². The second kappa shape index (κ2) is 3.52. The van der Waals surface area contributed by atoms with Gasteiger partial charge >= 0.3 is 0 Å². The van der Waals surface area contributed by atoms with Gasteiger partial charge in [-0.3, -0.25) is 0 Å². The predicted octanol–water partition coefficient (Wildman–Crippen LogP) is 3.96. The van der Waals surface area contributed by atoms with Gasteiger partial charge in [0.15, 0.2) is 0 Å². The molecule has 1 aromatic heterocycles. The number of fused-ring (bicyclic) bond motifs is 1. The van der Waals surface area contributed by atoms with E-state index < -0.39 is 0 Å². The number of thiophene rings is 1. The highest BCUT2D eigenvalue weighted by Gasteiger charge is 2.09. The maximum atomic E-state index is 5.23. The van der Waals surface area contributed by atoms with Crippen LogP contribution in [-0.4, -0.2) is 7.11 Å². The molecule has 0 saturated carbocycles. The quantitative estimate of drug-likeness (QED) is 0.775. The van der Waals surface area contributed by atoms with Gasteiger partial charge in [-0.15, -0.1) is 24.0 Å². The molecule has 0 aliphatic heterocycles. The molecule has 0 aliphatic rings. The zero-order valence-corrected chi connectivity index (χ0v) is 10.2. The Balaban J connectivity index is 2.85. The highest BCUT2D eigenvalue weighted by molar-refractivity contribution is 9.10. The molecule has 68 valence electrons. The molecule has 0 unspecified atom stereocenters. The van der Waals surface area contributed by atoms with Crippen LogP contribution in [0.4, 0.5) is 0 Å². The van der Waals surface area contributed by atoms with Crippen molar-refractivity contribution in [1.82, 2.24) is 0 Å². The minimum atomic E-state index is 0.800. The first-order valence-electron chi connectivity index (χ1n) is 3.66. The first-order valence-corrected chi connectivity index (χ1v) is 5.78. The Morgan fingerprint density at radius 3 is 3.00 bits per heavy atom. The third kappa shape index (κ3) is 1.47. The summed E-state index contributed by atoms with van der Waals surface area (Å²) >= 11 is 9.58. The maximum Gasteiger partial charge on any atom is 0.147 e. The third-order valence-electron chi connectivity index (χ3n) is 1.84. The summed E-state index contributed by atoms with van der Waals surface area (Å²) in [7, 11) is 1.65. The van der Waals surface area contributed by atoms with Gasteiger partial charge in [0.1, 0.15) is 5.75 Å². The van der Waals surface area contributed by atoms with Gasteiger partial charge in [0, 0.05) is 10.1 Å². The molecule has 1 nitrogen and oxygen atoms in total. The maximum absolute atomic E-state index is 5.23. The van der Waals surface area contributed by atoms with Crippen LogP contribution >= 0.6 is 39.9 Å². The van der Waals surface area contributed by atoms with Gasteiger partial charge < -0.3 is 4.74 Å². The van der Waals surface area contributed by atoms with Crippen LogP contribution in [0.25, 0.3) is 10.1 Å². The molecule has 0 N–H and O–H groups in total. The van der Waals surface area contributed by atoms with Crippen LogP contribution in [0.2, 0.25) is 0 Å². The number of methoxy groups -OCH3 is 1. The zero-order chi connectivity index (χ0) is 9.42. The van der Waals surface area contributed by atoms with E-state index in [1.807, 2.05) is 0 Å². The molecule has 0 spiro atoms. The first-order chi connectivity index (χ1) is 6.24. The highest BCUT2D eigenvalue weighted by atomic mass is 79.9. The van der Waals surface area contributed by atoms with Crippen molar-refractivity contribution in [3.63, 3.8) is 0 Å². The molecule has 2 rings (SSSR count). The molecular weight excluding hydrogens is 268 g/mol. The van der Waals surface area contributed by atoms with Gasteiger partial charge in [-0.1, -0.05) is 0 Å². The molecule has 13 heavy (non-hydrogen) atoms. The number of hydrogen-bond donors (Lipinski definition) is 1. The molecule has 0 amide bonds. The fourth-order valence-corrected chi connectivity index (χ4v) is 3.45. The number of rotatable bonds is 1. The second-order valence-electron chi connectivity index (χ2n) is 2.57. The van der Waals surface area contributed by atoms with Crippen molar-refractivity contribution in [1.29, 1.82) is 0 Å². The Bertz CT molecular complexity index is 450. The molecule has 1 heterocycles. The third-order valence-corrected chi connectivity index (χ3v) is 3.74. The van der Waals surface area contributed by atoms with Crippen molar-refractivity contribution in [3.8, 4) is 5.75 Å². The molecule has 0 fully saturated rings. The summed E-state index contributed by atoms with van der Waals surface area (Å²) in [5, 5.41) is 3.20. The minimum Gasteiger partial charge on any atom is -0.494 e. The van der Waals surface area contributed by atoms with Crippen molar-refractivity contribution in [2.75, 3.05) is 7.11 Å². The summed E-state index contributed by atoms with van der Waals surface area (Å²) in [6.45, 7) is 0. The van der Waals surface area contributed by atoms with E-state index in [0.717, 1.165) is 20.5 Å². The molecular formula is C9H7BrOS2. The number of ether oxygens (including phenoxy) is 1. The lowest BCUT2D eigenvalue weighted by molar-refractivity contribution is 0.403. The minimum absolute atomic E-state index is 0.800. The average molecular weight is 275 g/mol. The van der Waals surface area contributed by atoms with E-state index in [1.54, 1.807) is 18.4 Å². The Kier molecular flexibility index (Phi) is 2.53. The summed E-state index contributed by atoms with van der Waals surface area (Å²) in [5.74, 6) is 0.800. The Labute approximate surface area is 94.3 Å². The lowest BCUT2D eigenvalue weighted by Gasteiger charge is -2.06. The van der Waals surface area contributed by atoms with Gasteiger partial charge in [0.25, 0.3) is 0 Å². The van der Waals surface area contributed by atoms with E-state index in [9.17, 15) is 0 Å². The van der Waals surface area contributed by atoms with Gasteiger partial charge in [0.2, 0.25) is 0 Å². The number of halogens is 1. The smallest absolute Gasteiger partial charge is 0.147 e. The SMILES string of the molecule is COc1c(Br)cc2sccc2c1S. The molecule has 0 atom stereocenters. The zero-order valence-electron chi connectivity index (χ0n) is 6.87.